The molecule has 1 aromatic rings. The molecule has 21 heavy (non-hydrogen) atoms. The van der Waals surface area contributed by atoms with Gasteiger partial charge in [-0.15, -0.1) is 10.2 Å². The van der Waals surface area contributed by atoms with Crippen LogP contribution in [0.1, 0.15) is 50.0 Å². The minimum Gasteiger partial charge on any atom is -0.388 e. The molecular formula is C15H24N4O2. The lowest BCUT2D eigenvalue weighted by molar-refractivity contribution is -0.000844. The smallest absolute Gasteiger partial charge is 0.271 e. The Morgan fingerprint density at radius 2 is 2.29 bits per heavy atom. The Kier molecular flexibility index (Phi) is 5.12. The molecule has 3 N–H and O–H groups in total. The van der Waals surface area contributed by atoms with Crippen molar-refractivity contribution in [1.29, 1.82) is 0 Å². The molecule has 0 spiro atoms. The minimum atomic E-state index is -0.669. The highest BCUT2D eigenvalue weighted by Gasteiger charge is 2.32. The number of carbonyl (C=O) groups excluding carboxylic acids is 1. The third-order valence-corrected chi connectivity index (χ3v) is 3.90. The third kappa shape index (κ3) is 4.39. The summed E-state index contributed by atoms with van der Waals surface area (Å²) in [5.41, 5.74) is -0.371. The summed E-state index contributed by atoms with van der Waals surface area (Å²) in [5.74, 6) is 0.905. The number of hydrogen-bond donors (Lipinski definition) is 3. The van der Waals surface area contributed by atoms with Crippen LogP contribution in [0.4, 0.5) is 5.82 Å². The zero-order valence-electron chi connectivity index (χ0n) is 12.7. The van der Waals surface area contributed by atoms with Gasteiger partial charge in [-0.2, -0.15) is 0 Å². The van der Waals surface area contributed by atoms with Crippen LogP contribution >= 0.6 is 0 Å². The van der Waals surface area contributed by atoms with Crippen LogP contribution in [-0.4, -0.2) is 39.9 Å². The molecule has 1 heterocycles. The Hall–Kier alpha value is -1.69. The molecule has 116 valence electrons. The van der Waals surface area contributed by atoms with Gasteiger partial charge in [-0.25, -0.2) is 0 Å². The fraction of sp³-hybridized carbons (Fsp3) is 0.667. The molecule has 1 fully saturated rings. The van der Waals surface area contributed by atoms with E-state index in [1.807, 2.05) is 6.92 Å². The average Bonchev–Trinajstić information content (AvgIpc) is 2.46. The van der Waals surface area contributed by atoms with Crippen molar-refractivity contribution in [1.82, 2.24) is 15.5 Å². The molecule has 1 aliphatic rings. The first-order valence-electron chi connectivity index (χ1n) is 7.60. The van der Waals surface area contributed by atoms with E-state index in [9.17, 15) is 9.90 Å². The van der Waals surface area contributed by atoms with E-state index >= 15 is 0 Å². The predicted octanol–water partition coefficient (Wildman–Crippen LogP) is 1.58. The quantitative estimate of drug-likeness (QED) is 0.767. The number of aromatic nitrogens is 2. The number of rotatable bonds is 5. The van der Waals surface area contributed by atoms with Crippen molar-refractivity contribution in [2.24, 2.45) is 5.92 Å². The van der Waals surface area contributed by atoms with Gasteiger partial charge in [0.15, 0.2) is 5.69 Å². The van der Waals surface area contributed by atoms with Crippen molar-refractivity contribution in [3.05, 3.63) is 17.8 Å². The summed E-state index contributed by atoms with van der Waals surface area (Å²) in [6.07, 6.45) is 3.86. The van der Waals surface area contributed by atoms with Crippen molar-refractivity contribution < 1.29 is 9.90 Å². The molecule has 1 saturated carbocycles. The largest absolute Gasteiger partial charge is 0.388 e. The van der Waals surface area contributed by atoms with E-state index in [0.29, 0.717) is 30.5 Å². The molecule has 2 atom stereocenters. The molecule has 0 aromatic carbocycles. The summed E-state index contributed by atoms with van der Waals surface area (Å²) in [5, 5.41) is 24.2. The summed E-state index contributed by atoms with van der Waals surface area (Å²) in [6.45, 7) is 5.05. The van der Waals surface area contributed by atoms with Gasteiger partial charge >= 0.3 is 0 Å². The van der Waals surface area contributed by atoms with Gasteiger partial charge in [0, 0.05) is 13.1 Å². The Balaban J connectivity index is 1.90. The van der Waals surface area contributed by atoms with Crippen LogP contribution in [0.25, 0.3) is 0 Å². The first-order valence-corrected chi connectivity index (χ1v) is 7.60. The van der Waals surface area contributed by atoms with Crippen molar-refractivity contribution in [3.8, 4) is 0 Å². The van der Waals surface area contributed by atoms with E-state index in [-0.39, 0.29) is 5.91 Å². The van der Waals surface area contributed by atoms with Gasteiger partial charge in [-0.3, -0.25) is 4.79 Å². The van der Waals surface area contributed by atoms with Crippen molar-refractivity contribution in [2.45, 2.75) is 45.1 Å². The highest BCUT2D eigenvalue weighted by Crippen LogP contribution is 2.32. The minimum absolute atomic E-state index is 0.226. The van der Waals surface area contributed by atoms with Crippen molar-refractivity contribution in [3.63, 3.8) is 0 Å². The number of hydrogen-bond acceptors (Lipinski definition) is 5. The fourth-order valence-corrected chi connectivity index (χ4v) is 2.85. The topological polar surface area (TPSA) is 87.1 Å². The van der Waals surface area contributed by atoms with Crippen LogP contribution < -0.4 is 10.6 Å². The summed E-state index contributed by atoms with van der Waals surface area (Å²) >= 11 is 0. The molecule has 6 nitrogen and oxygen atoms in total. The molecule has 1 amide bonds. The van der Waals surface area contributed by atoms with Crippen molar-refractivity contribution >= 4 is 11.7 Å². The van der Waals surface area contributed by atoms with Crippen molar-refractivity contribution in [2.75, 3.05) is 18.4 Å². The maximum absolute atomic E-state index is 11.6. The molecular weight excluding hydrogens is 268 g/mol. The zero-order valence-corrected chi connectivity index (χ0v) is 12.7. The number of nitrogens with zero attached hydrogens (tertiary/aromatic N) is 2. The van der Waals surface area contributed by atoms with E-state index in [1.165, 1.54) is 6.42 Å². The Morgan fingerprint density at radius 1 is 1.48 bits per heavy atom. The second-order valence-electron chi connectivity index (χ2n) is 5.94. The van der Waals surface area contributed by atoms with Crippen LogP contribution in [0.15, 0.2) is 12.1 Å². The van der Waals surface area contributed by atoms with Gasteiger partial charge in [0.2, 0.25) is 0 Å². The lowest BCUT2D eigenvalue weighted by atomic mass is 9.79. The summed E-state index contributed by atoms with van der Waals surface area (Å²) < 4.78 is 0. The molecule has 1 aromatic heterocycles. The van der Waals surface area contributed by atoms with E-state index in [4.69, 9.17) is 0 Å². The van der Waals surface area contributed by atoms with Crippen LogP contribution in [-0.2, 0) is 0 Å². The highest BCUT2D eigenvalue weighted by molar-refractivity contribution is 5.92. The summed E-state index contributed by atoms with van der Waals surface area (Å²) in [4.78, 5) is 11.6. The second kappa shape index (κ2) is 6.85. The molecule has 0 bridgehead atoms. The molecule has 2 rings (SSSR count). The number of aliphatic hydroxyl groups is 1. The lowest BCUT2D eigenvalue weighted by Crippen LogP contribution is -2.41. The first-order chi connectivity index (χ1) is 10.0. The third-order valence-electron chi connectivity index (χ3n) is 3.90. The predicted molar refractivity (Wildman–Crippen MR) is 81.1 cm³/mol. The van der Waals surface area contributed by atoms with Crippen LogP contribution in [0.5, 0.6) is 0 Å². The number of anilines is 1. The summed E-state index contributed by atoms with van der Waals surface area (Å²) in [7, 11) is 0. The van der Waals surface area contributed by atoms with Gasteiger partial charge in [0.1, 0.15) is 5.82 Å². The van der Waals surface area contributed by atoms with E-state index in [0.717, 1.165) is 19.3 Å². The van der Waals surface area contributed by atoms with Gasteiger partial charge < -0.3 is 15.7 Å². The Morgan fingerprint density at radius 3 is 2.90 bits per heavy atom. The average molecular weight is 292 g/mol. The molecule has 0 radical (unpaired) electrons. The standard InChI is InChI=1S/C15H24N4O2/c1-3-16-14(20)12-6-7-13(19-18-12)17-10-15(21)8-4-5-11(2)9-15/h6-7,11,21H,3-5,8-10H2,1-2H3,(H,16,20)(H,17,19). The van der Waals surface area contributed by atoms with E-state index in [1.54, 1.807) is 12.1 Å². The number of amides is 1. The maximum atomic E-state index is 11.6. The molecule has 2 unspecified atom stereocenters. The number of carbonyl (C=O) groups is 1. The molecule has 0 aliphatic heterocycles. The highest BCUT2D eigenvalue weighted by atomic mass is 16.3. The normalized spacial score (nSPS) is 25.4. The molecule has 6 heteroatoms. The van der Waals surface area contributed by atoms with Gasteiger partial charge in [-0.05, 0) is 37.8 Å². The second-order valence-corrected chi connectivity index (χ2v) is 5.94. The molecule has 1 aliphatic carbocycles. The summed E-state index contributed by atoms with van der Waals surface area (Å²) in [6, 6.07) is 3.35. The van der Waals surface area contributed by atoms with Gasteiger partial charge in [-0.1, -0.05) is 19.8 Å². The maximum Gasteiger partial charge on any atom is 0.271 e. The molecule has 0 saturated heterocycles. The SMILES string of the molecule is CCNC(=O)c1ccc(NCC2(O)CCCC(C)C2)nn1. The Labute approximate surface area is 125 Å². The van der Waals surface area contributed by atoms with Gasteiger partial charge in [0.05, 0.1) is 5.60 Å². The van der Waals surface area contributed by atoms with Crippen LogP contribution in [0, 0.1) is 5.92 Å². The van der Waals surface area contributed by atoms with E-state index in [2.05, 4.69) is 27.8 Å². The van der Waals surface area contributed by atoms with Gasteiger partial charge in [0.25, 0.3) is 5.91 Å². The van der Waals surface area contributed by atoms with Crippen LogP contribution in [0.2, 0.25) is 0 Å². The first kappa shape index (κ1) is 15.7. The van der Waals surface area contributed by atoms with Crippen LogP contribution in [0.3, 0.4) is 0 Å². The Bertz CT molecular complexity index is 477. The fourth-order valence-electron chi connectivity index (χ4n) is 2.85. The lowest BCUT2D eigenvalue weighted by Gasteiger charge is -2.35. The number of nitrogens with one attached hydrogen (secondary N) is 2. The monoisotopic (exact) mass is 292 g/mol. The van der Waals surface area contributed by atoms with E-state index < -0.39 is 5.60 Å². The zero-order chi connectivity index (χ0) is 15.3.